The first-order chi connectivity index (χ1) is 8.99. The highest BCUT2D eigenvalue weighted by atomic mass is 35.5. The van der Waals surface area contributed by atoms with Crippen LogP contribution in [0.2, 0.25) is 5.02 Å². The molecule has 0 radical (unpaired) electrons. The number of hydrogen-bond donors (Lipinski definition) is 1. The van der Waals surface area contributed by atoms with Gasteiger partial charge in [-0.15, -0.1) is 0 Å². The Kier molecular flexibility index (Phi) is 3.86. The largest absolute Gasteiger partial charge is 0.343 e. The van der Waals surface area contributed by atoms with Crippen molar-refractivity contribution in [3.63, 3.8) is 0 Å². The molecule has 1 aromatic carbocycles. The van der Waals surface area contributed by atoms with Crippen molar-refractivity contribution in [3.8, 4) is 0 Å². The molecule has 0 unspecified atom stereocenters. The highest BCUT2D eigenvalue weighted by Crippen LogP contribution is 2.20. The normalized spacial score (nSPS) is 11.1. The van der Waals surface area contributed by atoms with Crippen LogP contribution in [0.1, 0.15) is 29.8 Å². The second-order valence-corrected chi connectivity index (χ2v) is 5.26. The highest BCUT2D eigenvalue weighted by Gasteiger charge is 2.23. The average Bonchev–Trinajstić information content (AvgIpc) is 2.39. The van der Waals surface area contributed by atoms with Gasteiger partial charge in [-0.05, 0) is 49.7 Å². The summed E-state index contributed by atoms with van der Waals surface area (Å²) in [5, 5.41) is 3.54. The average molecular weight is 275 g/mol. The molecule has 1 heterocycles. The molecule has 19 heavy (non-hydrogen) atoms. The minimum Gasteiger partial charge on any atom is -0.343 e. The van der Waals surface area contributed by atoms with Gasteiger partial charge in [0.2, 0.25) is 0 Å². The number of carbonyl (C=O) groups is 1. The monoisotopic (exact) mass is 274 g/mol. The molecule has 2 aromatic rings. The molecule has 1 aromatic heterocycles. The molecule has 2 rings (SSSR count). The fourth-order valence-corrected chi connectivity index (χ4v) is 2.02. The van der Waals surface area contributed by atoms with Gasteiger partial charge in [0, 0.05) is 23.0 Å². The van der Waals surface area contributed by atoms with Gasteiger partial charge in [0.1, 0.15) is 0 Å². The molecule has 0 atom stereocenters. The van der Waals surface area contributed by atoms with Crippen LogP contribution < -0.4 is 5.32 Å². The molecule has 1 amide bonds. The van der Waals surface area contributed by atoms with E-state index in [0.29, 0.717) is 10.6 Å². The summed E-state index contributed by atoms with van der Waals surface area (Å²) in [7, 11) is 0. The van der Waals surface area contributed by atoms with E-state index in [9.17, 15) is 4.79 Å². The van der Waals surface area contributed by atoms with Crippen LogP contribution in [-0.4, -0.2) is 10.9 Å². The Balaban J connectivity index is 2.19. The van der Waals surface area contributed by atoms with E-state index in [-0.39, 0.29) is 5.91 Å². The molecule has 98 valence electrons. The number of hydrogen-bond acceptors (Lipinski definition) is 2. The predicted molar refractivity (Wildman–Crippen MR) is 76.2 cm³/mol. The third-order valence-electron chi connectivity index (χ3n) is 2.91. The van der Waals surface area contributed by atoms with Gasteiger partial charge in [0.25, 0.3) is 5.91 Å². The SMILES string of the molecule is CC(C)(NC(=O)c1cccc(Cl)c1)c1ccncc1. The fraction of sp³-hybridized carbons (Fsp3) is 0.200. The number of pyridine rings is 1. The quantitative estimate of drug-likeness (QED) is 0.932. The Morgan fingerprint density at radius 2 is 1.89 bits per heavy atom. The van der Waals surface area contributed by atoms with Crippen molar-refractivity contribution in [2.45, 2.75) is 19.4 Å². The van der Waals surface area contributed by atoms with Crippen LogP contribution in [0.25, 0.3) is 0 Å². The van der Waals surface area contributed by atoms with Gasteiger partial charge in [0.05, 0.1) is 5.54 Å². The van der Waals surface area contributed by atoms with E-state index in [1.54, 1.807) is 36.7 Å². The number of nitrogens with zero attached hydrogens (tertiary/aromatic N) is 1. The van der Waals surface area contributed by atoms with E-state index in [2.05, 4.69) is 10.3 Å². The maximum absolute atomic E-state index is 12.2. The van der Waals surface area contributed by atoms with Gasteiger partial charge in [0.15, 0.2) is 0 Å². The first kappa shape index (κ1) is 13.6. The lowest BCUT2D eigenvalue weighted by Crippen LogP contribution is -2.41. The molecular weight excluding hydrogens is 260 g/mol. The zero-order chi connectivity index (χ0) is 13.9. The molecule has 3 nitrogen and oxygen atoms in total. The summed E-state index contributed by atoms with van der Waals surface area (Å²) >= 11 is 5.89. The molecule has 0 aliphatic rings. The van der Waals surface area contributed by atoms with Gasteiger partial charge in [-0.3, -0.25) is 9.78 Å². The van der Waals surface area contributed by atoms with E-state index in [1.807, 2.05) is 26.0 Å². The Bertz CT molecular complexity index is 582. The van der Waals surface area contributed by atoms with E-state index < -0.39 is 5.54 Å². The smallest absolute Gasteiger partial charge is 0.252 e. The van der Waals surface area contributed by atoms with E-state index in [1.165, 1.54) is 0 Å². The lowest BCUT2D eigenvalue weighted by atomic mass is 9.95. The van der Waals surface area contributed by atoms with Crippen LogP contribution in [0, 0.1) is 0 Å². The summed E-state index contributed by atoms with van der Waals surface area (Å²) in [5.41, 5.74) is 1.08. The second-order valence-electron chi connectivity index (χ2n) is 4.83. The molecule has 0 saturated heterocycles. The fourth-order valence-electron chi connectivity index (χ4n) is 1.83. The van der Waals surface area contributed by atoms with Crippen molar-refractivity contribution >= 4 is 17.5 Å². The van der Waals surface area contributed by atoms with Crippen LogP contribution in [-0.2, 0) is 5.54 Å². The lowest BCUT2D eigenvalue weighted by Gasteiger charge is -2.26. The van der Waals surface area contributed by atoms with Crippen LogP contribution in [0.15, 0.2) is 48.8 Å². The number of benzene rings is 1. The minimum absolute atomic E-state index is 0.149. The molecule has 0 spiro atoms. The molecular formula is C15H15ClN2O. The van der Waals surface area contributed by atoms with E-state index >= 15 is 0 Å². The molecule has 0 bridgehead atoms. The molecule has 0 fully saturated rings. The predicted octanol–water partition coefficient (Wildman–Crippen LogP) is 3.40. The van der Waals surface area contributed by atoms with Gasteiger partial charge in [-0.1, -0.05) is 17.7 Å². The Hall–Kier alpha value is -1.87. The third kappa shape index (κ3) is 3.32. The summed E-state index contributed by atoms with van der Waals surface area (Å²) < 4.78 is 0. The third-order valence-corrected chi connectivity index (χ3v) is 3.15. The number of amides is 1. The van der Waals surface area contributed by atoms with Gasteiger partial charge in [-0.25, -0.2) is 0 Å². The molecule has 1 N–H and O–H groups in total. The van der Waals surface area contributed by atoms with E-state index in [0.717, 1.165) is 5.56 Å². The van der Waals surface area contributed by atoms with Crippen LogP contribution in [0.5, 0.6) is 0 Å². The Labute approximate surface area is 117 Å². The van der Waals surface area contributed by atoms with Crippen LogP contribution >= 0.6 is 11.6 Å². The molecule has 0 saturated carbocycles. The summed E-state index contributed by atoms with van der Waals surface area (Å²) in [6.07, 6.45) is 3.42. The van der Waals surface area contributed by atoms with Crippen molar-refractivity contribution in [2.24, 2.45) is 0 Å². The topological polar surface area (TPSA) is 42.0 Å². The summed E-state index contributed by atoms with van der Waals surface area (Å²) in [4.78, 5) is 16.2. The van der Waals surface area contributed by atoms with Gasteiger partial charge >= 0.3 is 0 Å². The van der Waals surface area contributed by atoms with Crippen molar-refractivity contribution in [1.29, 1.82) is 0 Å². The van der Waals surface area contributed by atoms with Crippen LogP contribution in [0.3, 0.4) is 0 Å². The number of halogens is 1. The molecule has 4 heteroatoms. The zero-order valence-electron chi connectivity index (χ0n) is 10.9. The van der Waals surface area contributed by atoms with Crippen molar-refractivity contribution in [1.82, 2.24) is 10.3 Å². The van der Waals surface area contributed by atoms with Gasteiger partial charge < -0.3 is 5.32 Å². The number of carbonyl (C=O) groups excluding carboxylic acids is 1. The lowest BCUT2D eigenvalue weighted by molar-refractivity contribution is 0.0912. The standard InChI is InChI=1S/C15H15ClN2O/c1-15(2,12-6-8-17-9-7-12)18-14(19)11-4-3-5-13(16)10-11/h3-10H,1-2H3,(H,18,19). The minimum atomic E-state index is -0.470. The molecule has 0 aliphatic heterocycles. The summed E-state index contributed by atoms with van der Waals surface area (Å²) in [6.45, 7) is 3.90. The number of aromatic nitrogens is 1. The van der Waals surface area contributed by atoms with Crippen molar-refractivity contribution in [2.75, 3.05) is 0 Å². The highest BCUT2D eigenvalue weighted by molar-refractivity contribution is 6.30. The summed E-state index contributed by atoms with van der Waals surface area (Å²) in [5.74, 6) is -0.149. The van der Waals surface area contributed by atoms with Crippen molar-refractivity contribution in [3.05, 3.63) is 64.9 Å². The first-order valence-corrected chi connectivity index (χ1v) is 6.35. The Morgan fingerprint density at radius 3 is 2.53 bits per heavy atom. The van der Waals surface area contributed by atoms with Crippen molar-refractivity contribution < 1.29 is 4.79 Å². The van der Waals surface area contributed by atoms with E-state index in [4.69, 9.17) is 11.6 Å². The number of nitrogens with one attached hydrogen (secondary N) is 1. The zero-order valence-corrected chi connectivity index (χ0v) is 11.6. The second kappa shape index (κ2) is 5.41. The summed E-state index contributed by atoms with van der Waals surface area (Å²) in [6, 6.07) is 10.7. The first-order valence-electron chi connectivity index (χ1n) is 5.97. The van der Waals surface area contributed by atoms with Gasteiger partial charge in [-0.2, -0.15) is 0 Å². The molecule has 0 aliphatic carbocycles. The number of rotatable bonds is 3. The maximum atomic E-state index is 12.2. The van der Waals surface area contributed by atoms with Crippen LogP contribution in [0.4, 0.5) is 0 Å². The maximum Gasteiger partial charge on any atom is 0.252 e. The Morgan fingerprint density at radius 1 is 1.21 bits per heavy atom.